The molecular formula is C27H24BrClO5. The van der Waals surface area contributed by atoms with Gasteiger partial charge in [0.25, 0.3) is 0 Å². The van der Waals surface area contributed by atoms with Crippen LogP contribution in [-0.4, -0.2) is 18.7 Å². The number of allylic oxidation sites excluding steroid dienone is 4. The normalized spacial score (nSPS) is 18.4. The fraction of sp³-hybridized carbons (Fsp3) is 0.333. The molecule has 1 aliphatic heterocycles. The zero-order valence-corrected chi connectivity index (χ0v) is 21.1. The molecule has 1 heterocycles. The minimum atomic E-state index is -0.456. The van der Waals surface area contributed by atoms with Crippen LogP contribution in [-0.2, 0) is 20.9 Å². The molecule has 2 aliphatic carbocycles. The molecule has 7 heteroatoms. The first-order valence-corrected chi connectivity index (χ1v) is 12.6. The predicted octanol–water partition coefficient (Wildman–Crippen LogP) is 6.82. The first-order chi connectivity index (χ1) is 16.5. The molecule has 0 atom stereocenters. The largest absolute Gasteiger partial charge is 0.493 e. The van der Waals surface area contributed by atoms with Gasteiger partial charge in [0.2, 0.25) is 0 Å². The molecule has 0 N–H and O–H groups in total. The topological polar surface area (TPSA) is 61.8 Å². The van der Waals surface area contributed by atoms with Crippen LogP contribution < -0.4 is 9.47 Å². The maximum atomic E-state index is 13.0. The number of ether oxygens (including phenoxy) is 3. The summed E-state index contributed by atoms with van der Waals surface area (Å²) in [6.45, 7) is 0.271. The second-order valence-corrected chi connectivity index (χ2v) is 9.94. The van der Waals surface area contributed by atoms with Gasteiger partial charge in [-0.25, -0.2) is 0 Å². The average Bonchev–Trinajstić information content (AvgIpc) is 2.83. The first-order valence-electron chi connectivity index (χ1n) is 11.4. The number of benzene rings is 2. The van der Waals surface area contributed by atoms with Crippen LogP contribution in [0, 0.1) is 0 Å². The maximum absolute atomic E-state index is 13.0. The molecule has 0 saturated carbocycles. The Morgan fingerprint density at radius 2 is 1.65 bits per heavy atom. The van der Waals surface area contributed by atoms with Crippen molar-refractivity contribution in [2.24, 2.45) is 0 Å². The molecule has 2 aromatic rings. The standard InChI is InChI=1S/C27H24BrClO5/c1-32-23-13-16(12-17(28)27(23)33-14-15-6-2-3-7-18(15)29)24-25-19(30)8-4-10-21(25)34-22-11-5-9-20(31)26(22)24/h2-3,6-7,12-13,24H,4-5,8-11,14H2,1H3. The van der Waals surface area contributed by atoms with Gasteiger partial charge in [-0.15, -0.1) is 0 Å². The number of ketones is 2. The molecule has 0 spiro atoms. The van der Waals surface area contributed by atoms with Crippen molar-refractivity contribution in [2.45, 2.75) is 51.0 Å². The fourth-order valence-electron chi connectivity index (χ4n) is 4.96. The highest BCUT2D eigenvalue weighted by molar-refractivity contribution is 9.10. The lowest BCUT2D eigenvalue weighted by Gasteiger charge is -2.36. The zero-order valence-electron chi connectivity index (χ0n) is 18.8. The zero-order chi connectivity index (χ0) is 23.8. The van der Waals surface area contributed by atoms with E-state index in [4.69, 9.17) is 25.8 Å². The summed E-state index contributed by atoms with van der Waals surface area (Å²) in [5.74, 6) is 2.11. The molecule has 0 amide bonds. The van der Waals surface area contributed by atoms with Crippen LogP contribution in [0.2, 0.25) is 5.02 Å². The highest BCUT2D eigenvalue weighted by Crippen LogP contribution is 2.50. The number of hydrogen-bond acceptors (Lipinski definition) is 5. The van der Waals surface area contributed by atoms with E-state index in [0.29, 0.717) is 69.3 Å². The summed E-state index contributed by atoms with van der Waals surface area (Å²) in [5.41, 5.74) is 2.89. The van der Waals surface area contributed by atoms with Crippen molar-refractivity contribution in [3.05, 3.63) is 79.7 Å². The molecule has 5 rings (SSSR count). The smallest absolute Gasteiger partial charge is 0.175 e. The number of Topliss-reactive ketones (excluding diaryl/α,β-unsaturated/α-hetero) is 2. The summed E-state index contributed by atoms with van der Waals surface area (Å²) in [4.78, 5) is 26.1. The third-order valence-electron chi connectivity index (χ3n) is 6.56. The molecule has 176 valence electrons. The summed E-state index contributed by atoms with van der Waals surface area (Å²) >= 11 is 9.91. The SMILES string of the molecule is COc1cc(C2C3=C(CCCC3=O)OC3=C2C(=O)CCC3)cc(Br)c1OCc1ccccc1Cl. The second kappa shape index (κ2) is 9.59. The van der Waals surface area contributed by atoms with Crippen LogP contribution in [0.1, 0.15) is 55.6 Å². The van der Waals surface area contributed by atoms with E-state index in [9.17, 15) is 9.59 Å². The molecule has 0 unspecified atom stereocenters. The van der Waals surface area contributed by atoms with Crippen molar-refractivity contribution >= 4 is 39.1 Å². The molecule has 5 nitrogen and oxygen atoms in total. The summed E-state index contributed by atoms with van der Waals surface area (Å²) in [6.07, 6.45) is 3.88. The molecule has 0 aromatic heterocycles. The predicted molar refractivity (Wildman–Crippen MR) is 132 cm³/mol. The van der Waals surface area contributed by atoms with Crippen LogP contribution in [0.15, 0.2) is 63.5 Å². The van der Waals surface area contributed by atoms with Gasteiger partial charge in [0.1, 0.15) is 18.1 Å². The van der Waals surface area contributed by atoms with Crippen molar-refractivity contribution in [2.75, 3.05) is 7.11 Å². The number of carbonyl (C=O) groups is 2. The number of methoxy groups -OCH3 is 1. The molecule has 0 radical (unpaired) electrons. The molecule has 0 fully saturated rings. The third kappa shape index (κ3) is 4.18. The van der Waals surface area contributed by atoms with Gasteiger partial charge >= 0.3 is 0 Å². The molecule has 0 saturated heterocycles. The van der Waals surface area contributed by atoms with Gasteiger partial charge in [-0.3, -0.25) is 9.59 Å². The number of carbonyl (C=O) groups excluding carboxylic acids is 2. The molecular weight excluding hydrogens is 520 g/mol. The maximum Gasteiger partial charge on any atom is 0.175 e. The van der Waals surface area contributed by atoms with E-state index < -0.39 is 5.92 Å². The van der Waals surface area contributed by atoms with Crippen molar-refractivity contribution < 1.29 is 23.8 Å². The van der Waals surface area contributed by atoms with E-state index >= 15 is 0 Å². The van der Waals surface area contributed by atoms with E-state index in [1.807, 2.05) is 36.4 Å². The van der Waals surface area contributed by atoms with Gasteiger partial charge in [-0.2, -0.15) is 0 Å². The van der Waals surface area contributed by atoms with E-state index in [0.717, 1.165) is 24.0 Å². The lowest BCUT2D eigenvalue weighted by Crippen LogP contribution is -2.30. The highest BCUT2D eigenvalue weighted by Gasteiger charge is 2.42. The Labute approximate surface area is 211 Å². The van der Waals surface area contributed by atoms with Gasteiger partial charge in [-0.1, -0.05) is 29.8 Å². The lowest BCUT2D eigenvalue weighted by molar-refractivity contribution is -0.117. The summed E-state index contributed by atoms with van der Waals surface area (Å²) < 4.78 is 18.6. The van der Waals surface area contributed by atoms with Gasteiger partial charge in [-0.05, 0) is 52.5 Å². The number of hydrogen-bond donors (Lipinski definition) is 0. The molecule has 3 aliphatic rings. The van der Waals surface area contributed by atoms with Crippen molar-refractivity contribution in [3.63, 3.8) is 0 Å². The summed E-state index contributed by atoms with van der Waals surface area (Å²) in [5, 5.41) is 0.627. The highest BCUT2D eigenvalue weighted by atomic mass is 79.9. The van der Waals surface area contributed by atoms with Crippen LogP contribution in [0.3, 0.4) is 0 Å². The minimum absolute atomic E-state index is 0.0466. The molecule has 34 heavy (non-hydrogen) atoms. The van der Waals surface area contributed by atoms with Gasteiger partial charge in [0.15, 0.2) is 23.1 Å². The Hall–Kier alpha value is -2.57. The molecule has 2 aromatic carbocycles. The van der Waals surface area contributed by atoms with Gasteiger partial charge in [0, 0.05) is 53.3 Å². The van der Waals surface area contributed by atoms with E-state index in [1.54, 1.807) is 7.11 Å². The summed E-state index contributed by atoms with van der Waals surface area (Å²) in [6, 6.07) is 11.3. The monoisotopic (exact) mass is 542 g/mol. The van der Waals surface area contributed by atoms with E-state index in [-0.39, 0.29) is 18.2 Å². The minimum Gasteiger partial charge on any atom is -0.493 e. The van der Waals surface area contributed by atoms with E-state index in [2.05, 4.69) is 15.9 Å². The Morgan fingerprint density at radius 3 is 2.26 bits per heavy atom. The molecule has 0 bridgehead atoms. The van der Waals surface area contributed by atoms with Crippen molar-refractivity contribution in [3.8, 4) is 11.5 Å². The lowest BCUT2D eigenvalue weighted by atomic mass is 9.73. The van der Waals surface area contributed by atoms with E-state index in [1.165, 1.54) is 0 Å². The van der Waals surface area contributed by atoms with Crippen LogP contribution >= 0.6 is 27.5 Å². The third-order valence-corrected chi connectivity index (χ3v) is 7.51. The van der Waals surface area contributed by atoms with Gasteiger partial charge < -0.3 is 14.2 Å². The Kier molecular flexibility index (Phi) is 6.54. The number of halogens is 2. The summed E-state index contributed by atoms with van der Waals surface area (Å²) in [7, 11) is 1.57. The first kappa shape index (κ1) is 23.2. The van der Waals surface area contributed by atoms with Crippen LogP contribution in [0.4, 0.5) is 0 Å². The second-order valence-electron chi connectivity index (χ2n) is 8.68. The number of rotatable bonds is 5. The Bertz CT molecular complexity index is 1200. The fourth-order valence-corrected chi connectivity index (χ4v) is 5.73. The van der Waals surface area contributed by atoms with Crippen LogP contribution in [0.25, 0.3) is 0 Å². The Morgan fingerprint density at radius 1 is 1.00 bits per heavy atom. The van der Waals surface area contributed by atoms with Crippen LogP contribution in [0.5, 0.6) is 11.5 Å². The van der Waals surface area contributed by atoms with Crippen molar-refractivity contribution in [1.82, 2.24) is 0 Å². The quantitative estimate of drug-likeness (QED) is 0.414. The average molecular weight is 544 g/mol. The van der Waals surface area contributed by atoms with Crippen molar-refractivity contribution in [1.29, 1.82) is 0 Å². The Balaban J connectivity index is 1.57. The van der Waals surface area contributed by atoms with Gasteiger partial charge in [0.05, 0.1) is 11.6 Å².